The van der Waals surface area contributed by atoms with E-state index >= 15 is 0 Å². The summed E-state index contributed by atoms with van der Waals surface area (Å²) in [6.07, 6.45) is 4.32. The average molecular weight is 210 g/mol. The first kappa shape index (κ1) is 11.4. The molecular weight excluding hydrogens is 192 g/mol. The Bertz CT molecular complexity index is 263. The van der Waals surface area contributed by atoms with Gasteiger partial charge in [0.1, 0.15) is 0 Å². The molecule has 0 saturated carbocycles. The van der Waals surface area contributed by atoms with Gasteiger partial charge in [-0.15, -0.1) is 11.8 Å². The summed E-state index contributed by atoms with van der Waals surface area (Å²) in [5, 5.41) is 3.39. The number of nitrogens with two attached hydrogens (primary N) is 1. The second kappa shape index (κ2) is 6.74. The quantitative estimate of drug-likeness (QED) is 0.560. The molecule has 0 amide bonds. The fourth-order valence-corrected chi connectivity index (χ4v) is 1.69. The summed E-state index contributed by atoms with van der Waals surface area (Å²) in [5.41, 5.74) is 6.63. The Morgan fingerprint density at radius 2 is 2.21 bits per heavy atom. The molecule has 0 aliphatic heterocycles. The zero-order chi connectivity index (χ0) is 10.2. The molecule has 1 aromatic carbocycles. The minimum absolute atomic E-state index is 0.784. The molecule has 0 bridgehead atoms. The molecule has 0 spiro atoms. The molecule has 0 saturated heterocycles. The van der Waals surface area contributed by atoms with Crippen molar-refractivity contribution in [2.75, 3.05) is 24.7 Å². The van der Waals surface area contributed by atoms with Gasteiger partial charge in [-0.2, -0.15) is 0 Å². The zero-order valence-corrected chi connectivity index (χ0v) is 9.44. The van der Waals surface area contributed by atoms with Gasteiger partial charge in [-0.1, -0.05) is 6.07 Å². The average Bonchev–Trinajstić information content (AvgIpc) is 2.25. The molecule has 0 aliphatic rings. The van der Waals surface area contributed by atoms with Gasteiger partial charge in [0.25, 0.3) is 0 Å². The summed E-state index contributed by atoms with van der Waals surface area (Å²) in [4.78, 5) is 1.30. The van der Waals surface area contributed by atoms with E-state index in [4.69, 9.17) is 5.73 Å². The summed E-state index contributed by atoms with van der Waals surface area (Å²) in [7, 11) is 0. The van der Waals surface area contributed by atoms with E-state index in [1.54, 1.807) is 11.8 Å². The maximum Gasteiger partial charge on any atom is 0.0351 e. The summed E-state index contributed by atoms with van der Waals surface area (Å²) in [6.45, 7) is 1.79. The van der Waals surface area contributed by atoms with Crippen LogP contribution in [-0.4, -0.2) is 19.3 Å². The van der Waals surface area contributed by atoms with Crippen molar-refractivity contribution < 1.29 is 0 Å². The third-order valence-corrected chi connectivity index (χ3v) is 2.76. The molecule has 0 aliphatic carbocycles. The predicted octanol–water partition coefficient (Wildman–Crippen LogP) is 2.56. The van der Waals surface area contributed by atoms with E-state index in [1.807, 2.05) is 0 Å². The first-order chi connectivity index (χ1) is 6.86. The molecule has 1 rings (SSSR count). The largest absolute Gasteiger partial charge is 0.385 e. The van der Waals surface area contributed by atoms with Crippen LogP contribution in [0.4, 0.5) is 5.69 Å². The minimum Gasteiger partial charge on any atom is -0.385 e. The lowest BCUT2D eigenvalue weighted by atomic mass is 10.3. The molecule has 0 fully saturated rings. The van der Waals surface area contributed by atoms with Crippen molar-refractivity contribution >= 4 is 17.4 Å². The van der Waals surface area contributed by atoms with E-state index in [-0.39, 0.29) is 0 Å². The number of benzene rings is 1. The van der Waals surface area contributed by atoms with Gasteiger partial charge < -0.3 is 11.1 Å². The van der Waals surface area contributed by atoms with Crippen molar-refractivity contribution in [2.45, 2.75) is 17.7 Å². The van der Waals surface area contributed by atoms with Gasteiger partial charge in [-0.25, -0.2) is 0 Å². The standard InChI is InChI=1S/C11H18N2S/c1-14-11-6-4-5-10(9-11)13-8-3-2-7-12/h4-6,9,13H,2-3,7-8,12H2,1H3. The normalized spacial score (nSPS) is 10.1. The van der Waals surface area contributed by atoms with E-state index in [2.05, 4.69) is 35.8 Å². The SMILES string of the molecule is CSc1cccc(NCCCCN)c1. The lowest BCUT2D eigenvalue weighted by molar-refractivity contribution is 0.774. The summed E-state index contributed by atoms with van der Waals surface area (Å²) in [5.74, 6) is 0. The fourth-order valence-electron chi connectivity index (χ4n) is 1.24. The second-order valence-electron chi connectivity index (χ2n) is 3.15. The second-order valence-corrected chi connectivity index (χ2v) is 4.03. The number of hydrogen-bond donors (Lipinski definition) is 2. The van der Waals surface area contributed by atoms with Crippen LogP contribution in [0.25, 0.3) is 0 Å². The number of rotatable bonds is 6. The Kier molecular flexibility index (Phi) is 5.49. The molecule has 3 heteroatoms. The molecule has 3 N–H and O–H groups in total. The van der Waals surface area contributed by atoms with Crippen molar-refractivity contribution in [1.29, 1.82) is 0 Å². The van der Waals surface area contributed by atoms with E-state index in [0.29, 0.717) is 0 Å². The Hall–Kier alpha value is -0.670. The fraction of sp³-hybridized carbons (Fsp3) is 0.455. The molecule has 78 valence electrons. The summed E-state index contributed by atoms with van der Waals surface area (Å²) in [6, 6.07) is 8.47. The first-order valence-corrected chi connectivity index (χ1v) is 6.17. The van der Waals surface area contributed by atoms with Crippen molar-refractivity contribution in [3.05, 3.63) is 24.3 Å². The smallest absolute Gasteiger partial charge is 0.0351 e. The summed E-state index contributed by atoms with van der Waals surface area (Å²) < 4.78 is 0. The number of unbranched alkanes of at least 4 members (excludes halogenated alkanes) is 1. The van der Waals surface area contributed by atoms with Gasteiger partial charge in [0.2, 0.25) is 0 Å². The highest BCUT2D eigenvalue weighted by Crippen LogP contribution is 2.18. The zero-order valence-electron chi connectivity index (χ0n) is 8.62. The molecule has 0 unspecified atom stereocenters. The van der Waals surface area contributed by atoms with Crippen LogP contribution in [0, 0.1) is 0 Å². The molecule has 0 atom stereocenters. The maximum atomic E-state index is 5.42. The Labute approximate surface area is 90.3 Å². The summed E-state index contributed by atoms with van der Waals surface area (Å²) >= 11 is 1.77. The van der Waals surface area contributed by atoms with Crippen LogP contribution in [0.3, 0.4) is 0 Å². The highest BCUT2D eigenvalue weighted by molar-refractivity contribution is 7.98. The van der Waals surface area contributed by atoms with Gasteiger partial charge >= 0.3 is 0 Å². The van der Waals surface area contributed by atoms with Crippen molar-refractivity contribution in [3.63, 3.8) is 0 Å². The van der Waals surface area contributed by atoms with Crippen molar-refractivity contribution in [2.24, 2.45) is 5.73 Å². The van der Waals surface area contributed by atoms with E-state index in [1.165, 1.54) is 10.6 Å². The van der Waals surface area contributed by atoms with Gasteiger partial charge in [-0.05, 0) is 43.8 Å². The number of hydrogen-bond acceptors (Lipinski definition) is 3. The minimum atomic E-state index is 0.784. The first-order valence-electron chi connectivity index (χ1n) is 4.95. The molecule has 0 radical (unpaired) electrons. The third-order valence-electron chi connectivity index (χ3n) is 2.03. The van der Waals surface area contributed by atoms with Crippen LogP contribution in [0.15, 0.2) is 29.2 Å². The Balaban J connectivity index is 2.34. The van der Waals surface area contributed by atoms with Crippen LogP contribution in [0.2, 0.25) is 0 Å². The van der Waals surface area contributed by atoms with E-state index in [9.17, 15) is 0 Å². The van der Waals surface area contributed by atoms with E-state index in [0.717, 1.165) is 25.9 Å². The molecule has 14 heavy (non-hydrogen) atoms. The number of thioether (sulfide) groups is 1. The molecule has 1 aromatic rings. The topological polar surface area (TPSA) is 38.0 Å². The molecule has 0 aromatic heterocycles. The van der Waals surface area contributed by atoms with Crippen LogP contribution in [0.1, 0.15) is 12.8 Å². The van der Waals surface area contributed by atoms with Gasteiger partial charge in [0.15, 0.2) is 0 Å². The predicted molar refractivity (Wildman–Crippen MR) is 65.0 cm³/mol. The molecular formula is C11H18N2S. The van der Waals surface area contributed by atoms with Gasteiger partial charge in [0, 0.05) is 17.1 Å². The van der Waals surface area contributed by atoms with Crippen molar-refractivity contribution in [1.82, 2.24) is 0 Å². The monoisotopic (exact) mass is 210 g/mol. The maximum absolute atomic E-state index is 5.42. The lowest BCUT2D eigenvalue weighted by Crippen LogP contribution is -2.05. The third kappa shape index (κ3) is 4.03. The number of anilines is 1. The van der Waals surface area contributed by atoms with Gasteiger partial charge in [0.05, 0.1) is 0 Å². The van der Waals surface area contributed by atoms with Crippen LogP contribution in [-0.2, 0) is 0 Å². The highest BCUT2D eigenvalue weighted by atomic mass is 32.2. The Morgan fingerprint density at radius 3 is 2.93 bits per heavy atom. The van der Waals surface area contributed by atoms with Crippen LogP contribution < -0.4 is 11.1 Å². The highest BCUT2D eigenvalue weighted by Gasteiger charge is 1.93. The number of nitrogens with one attached hydrogen (secondary N) is 1. The van der Waals surface area contributed by atoms with Crippen molar-refractivity contribution in [3.8, 4) is 0 Å². The van der Waals surface area contributed by atoms with Crippen LogP contribution in [0.5, 0.6) is 0 Å². The Morgan fingerprint density at radius 1 is 1.36 bits per heavy atom. The lowest BCUT2D eigenvalue weighted by Gasteiger charge is -2.06. The van der Waals surface area contributed by atoms with Crippen LogP contribution >= 0.6 is 11.8 Å². The molecule has 2 nitrogen and oxygen atoms in total. The van der Waals surface area contributed by atoms with Gasteiger partial charge in [-0.3, -0.25) is 0 Å². The molecule has 0 heterocycles. The van der Waals surface area contributed by atoms with E-state index < -0.39 is 0 Å².